The number of esters is 1. The Labute approximate surface area is 140 Å². The van der Waals surface area contributed by atoms with Gasteiger partial charge < -0.3 is 19.2 Å². The third-order valence-electron chi connectivity index (χ3n) is 3.13. The first-order valence-electron chi connectivity index (χ1n) is 7.73. The zero-order valence-electron chi connectivity index (χ0n) is 13.9. The van der Waals surface area contributed by atoms with Crippen LogP contribution >= 0.6 is 0 Å². The molecule has 6 nitrogen and oxygen atoms in total. The molecule has 2 aromatic rings. The highest BCUT2D eigenvalue weighted by Crippen LogP contribution is 2.15. The van der Waals surface area contributed by atoms with E-state index < -0.39 is 12.1 Å². The zero-order valence-corrected chi connectivity index (χ0v) is 13.9. The van der Waals surface area contributed by atoms with E-state index in [4.69, 9.17) is 13.9 Å². The van der Waals surface area contributed by atoms with Gasteiger partial charge in [-0.1, -0.05) is 0 Å². The Morgan fingerprint density at radius 3 is 2.42 bits per heavy atom. The maximum absolute atomic E-state index is 12.1. The van der Waals surface area contributed by atoms with Gasteiger partial charge in [0.25, 0.3) is 5.91 Å². The van der Waals surface area contributed by atoms with Crippen molar-refractivity contribution >= 4 is 11.9 Å². The summed E-state index contributed by atoms with van der Waals surface area (Å²) in [6.45, 7) is 5.61. The van der Waals surface area contributed by atoms with Crippen LogP contribution in [0.1, 0.15) is 36.9 Å². The molecule has 1 amide bonds. The van der Waals surface area contributed by atoms with Crippen molar-refractivity contribution in [2.24, 2.45) is 0 Å². The molecule has 0 saturated heterocycles. The molecular formula is C18H21NO5. The third-order valence-corrected chi connectivity index (χ3v) is 3.13. The lowest BCUT2D eigenvalue weighted by Crippen LogP contribution is -2.35. The average molecular weight is 331 g/mol. The molecule has 0 bridgehead atoms. The maximum atomic E-state index is 12.1. The molecule has 0 aliphatic heterocycles. The number of carbonyl (C=O) groups is 2. The van der Waals surface area contributed by atoms with E-state index in [0.29, 0.717) is 17.1 Å². The number of hydrogen-bond acceptors (Lipinski definition) is 5. The fraction of sp³-hybridized carbons (Fsp3) is 0.333. The summed E-state index contributed by atoms with van der Waals surface area (Å²) in [5.41, 5.74) is 0.358. The van der Waals surface area contributed by atoms with Crippen LogP contribution in [-0.2, 0) is 16.1 Å². The summed E-state index contributed by atoms with van der Waals surface area (Å²) in [4.78, 5) is 24.0. The van der Waals surface area contributed by atoms with E-state index in [0.717, 1.165) is 0 Å². The van der Waals surface area contributed by atoms with Crippen molar-refractivity contribution in [3.8, 4) is 5.75 Å². The van der Waals surface area contributed by atoms with Gasteiger partial charge in [-0.2, -0.15) is 0 Å². The minimum absolute atomic E-state index is 0.0562. The first-order valence-corrected chi connectivity index (χ1v) is 7.73. The molecule has 0 aliphatic rings. The molecule has 0 spiro atoms. The van der Waals surface area contributed by atoms with Gasteiger partial charge in [-0.25, -0.2) is 4.79 Å². The van der Waals surface area contributed by atoms with Gasteiger partial charge in [-0.3, -0.25) is 4.79 Å². The number of rotatable bonds is 7. The highest BCUT2D eigenvalue weighted by Gasteiger charge is 2.19. The smallest absolute Gasteiger partial charge is 0.338 e. The summed E-state index contributed by atoms with van der Waals surface area (Å²) in [5, 5.41) is 2.64. The molecule has 0 aliphatic carbocycles. The normalized spacial score (nSPS) is 11.8. The van der Waals surface area contributed by atoms with E-state index in [1.54, 1.807) is 36.4 Å². The number of nitrogens with one attached hydrogen (secondary N) is 1. The Kier molecular flexibility index (Phi) is 6.01. The zero-order chi connectivity index (χ0) is 17.5. The molecule has 1 aromatic carbocycles. The van der Waals surface area contributed by atoms with Gasteiger partial charge in [0.15, 0.2) is 6.10 Å². The number of carbonyl (C=O) groups excluding carboxylic acids is 2. The number of hydrogen-bond donors (Lipinski definition) is 1. The van der Waals surface area contributed by atoms with Gasteiger partial charge in [0.2, 0.25) is 0 Å². The summed E-state index contributed by atoms with van der Waals surface area (Å²) in [6.07, 6.45) is 0.678. The Morgan fingerprint density at radius 2 is 1.83 bits per heavy atom. The summed E-state index contributed by atoms with van der Waals surface area (Å²) in [7, 11) is 0. The molecular weight excluding hydrogens is 310 g/mol. The molecule has 0 unspecified atom stereocenters. The molecule has 1 N–H and O–H groups in total. The van der Waals surface area contributed by atoms with Crippen LogP contribution in [0.3, 0.4) is 0 Å². The van der Waals surface area contributed by atoms with Crippen LogP contribution in [0.15, 0.2) is 47.1 Å². The molecule has 2 rings (SSSR count). The second kappa shape index (κ2) is 8.19. The predicted molar refractivity (Wildman–Crippen MR) is 87.6 cm³/mol. The van der Waals surface area contributed by atoms with E-state index in [1.165, 1.54) is 13.2 Å². The SMILES string of the molecule is CC(C)Oc1ccc(C(=O)O[C@H](C)C(=O)NCc2ccco2)cc1. The van der Waals surface area contributed by atoms with Gasteiger partial charge in [-0.15, -0.1) is 0 Å². The second-order valence-corrected chi connectivity index (χ2v) is 5.54. The van der Waals surface area contributed by atoms with Crippen molar-refractivity contribution in [3.63, 3.8) is 0 Å². The van der Waals surface area contributed by atoms with Crippen LogP contribution in [0.25, 0.3) is 0 Å². The van der Waals surface area contributed by atoms with Crippen LogP contribution < -0.4 is 10.1 Å². The molecule has 0 fully saturated rings. The molecule has 24 heavy (non-hydrogen) atoms. The fourth-order valence-electron chi connectivity index (χ4n) is 1.95. The summed E-state index contributed by atoms with van der Waals surface area (Å²) in [5.74, 6) is 0.347. The Bertz CT molecular complexity index is 661. The van der Waals surface area contributed by atoms with Gasteiger partial charge in [0.1, 0.15) is 11.5 Å². The second-order valence-electron chi connectivity index (χ2n) is 5.54. The number of benzene rings is 1. The van der Waals surface area contributed by atoms with Crippen molar-refractivity contribution in [1.29, 1.82) is 0 Å². The van der Waals surface area contributed by atoms with Crippen LogP contribution in [-0.4, -0.2) is 24.1 Å². The Balaban J connectivity index is 1.84. The topological polar surface area (TPSA) is 77.8 Å². The molecule has 0 saturated carbocycles. The van der Waals surface area contributed by atoms with Crippen LogP contribution in [0.5, 0.6) is 5.75 Å². The van der Waals surface area contributed by atoms with Crippen molar-refractivity contribution in [3.05, 3.63) is 54.0 Å². The standard InChI is InChI=1S/C18H21NO5/c1-12(2)23-15-8-6-14(7-9-15)18(21)24-13(3)17(20)19-11-16-5-4-10-22-16/h4-10,12-13H,11H2,1-3H3,(H,19,20)/t13-/m1/s1. The van der Waals surface area contributed by atoms with Gasteiger partial charge >= 0.3 is 5.97 Å². The van der Waals surface area contributed by atoms with Crippen LogP contribution in [0.2, 0.25) is 0 Å². The van der Waals surface area contributed by atoms with E-state index >= 15 is 0 Å². The molecule has 6 heteroatoms. The summed E-state index contributed by atoms with van der Waals surface area (Å²) < 4.78 is 15.8. The van der Waals surface area contributed by atoms with Crippen molar-refractivity contribution in [2.75, 3.05) is 0 Å². The largest absolute Gasteiger partial charge is 0.491 e. The average Bonchev–Trinajstić information content (AvgIpc) is 3.06. The maximum Gasteiger partial charge on any atom is 0.338 e. The molecule has 1 aromatic heterocycles. The summed E-state index contributed by atoms with van der Waals surface area (Å²) in [6, 6.07) is 10.1. The van der Waals surface area contributed by atoms with E-state index in [9.17, 15) is 9.59 Å². The van der Waals surface area contributed by atoms with Crippen molar-refractivity contribution in [2.45, 2.75) is 39.5 Å². The molecule has 1 atom stereocenters. The number of amides is 1. The number of ether oxygens (including phenoxy) is 2. The minimum atomic E-state index is -0.904. The van der Waals surface area contributed by atoms with E-state index in [2.05, 4.69) is 5.32 Å². The third kappa shape index (κ3) is 5.15. The van der Waals surface area contributed by atoms with Gasteiger partial charge in [0, 0.05) is 0 Å². The summed E-state index contributed by atoms with van der Waals surface area (Å²) >= 11 is 0. The quantitative estimate of drug-likeness (QED) is 0.789. The highest BCUT2D eigenvalue weighted by atomic mass is 16.5. The van der Waals surface area contributed by atoms with Crippen LogP contribution in [0, 0.1) is 0 Å². The van der Waals surface area contributed by atoms with Crippen molar-refractivity contribution < 1.29 is 23.5 Å². The minimum Gasteiger partial charge on any atom is -0.491 e. The van der Waals surface area contributed by atoms with Crippen molar-refractivity contribution in [1.82, 2.24) is 5.32 Å². The first-order chi connectivity index (χ1) is 11.5. The molecule has 0 radical (unpaired) electrons. The van der Waals surface area contributed by atoms with E-state index in [-0.39, 0.29) is 18.6 Å². The fourth-order valence-corrected chi connectivity index (χ4v) is 1.95. The predicted octanol–water partition coefficient (Wildman–Crippen LogP) is 2.93. The van der Waals surface area contributed by atoms with Gasteiger partial charge in [-0.05, 0) is 57.2 Å². The lowest BCUT2D eigenvalue weighted by atomic mass is 10.2. The lowest BCUT2D eigenvalue weighted by Gasteiger charge is -2.13. The number of furan rings is 1. The lowest BCUT2D eigenvalue weighted by molar-refractivity contribution is -0.129. The first kappa shape index (κ1) is 17.6. The Hall–Kier alpha value is -2.76. The molecule has 1 heterocycles. The molecule has 128 valence electrons. The van der Waals surface area contributed by atoms with Crippen LogP contribution in [0.4, 0.5) is 0 Å². The van der Waals surface area contributed by atoms with Gasteiger partial charge in [0.05, 0.1) is 24.5 Å². The highest BCUT2D eigenvalue weighted by molar-refractivity contribution is 5.92. The Morgan fingerprint density at radius 1 is 1.12 bits per heavy atom. The van der Waals surface area contributed by atoms with E-state index in [1.807, 2.05) is 13.8 Å². The monoisotopic (exact) mass is 331 g/mol.